The van der Waals surface area contributed by atoms with E-state index in [0.29, 0.717) is 13.2 Å². The number of likely N-dealkylation sites (N-methyl/N-ethyl adjacent to an activating group) is 1. The van der Waals surface area contributed by atoms with Gasteiger partial charge in [-0.2, -0.15) is 5.26 Å². The van der Waals surface area contributed by atoms with Crippen molar-refractivity contribution in [2.75, 3.05) is 39.5 Å². The van der Waals surface area contributed by atoms with Crippen LogP contribution in [0.5, 0.6) is 0 Å². The van der Waals surface area contributed by atoms with Crippen molar-refractivity contribution < 1.29 is 9.84 Å². The van der Waals surface area contributed by atoms with Gasteiger partial charge in [-0.05, 0) is 13.5 Å². The van der Waals surface area contributed by atoms with E-state index in [2.05, 4.69) is 17.9 Å². The van der Waals surface area contributed by atoms with Crippen molar-refractivity contribution in [3.05, 3.63) is 0 Å². The zero-order chi connectivity index (χ0) is 10.8. The summed E-state index contributed by atoms with van der Waals surface area (Å²) < 4.78 is 5.16. The van der Waals surface area contributed by atoms with Gasteiger partial charge in [0.15, 0.2) is 0 Å². The summed E-state index contributed by atoms with van der Waals surface area (Å²) in [5.41, 5.74) is 0. The van der Waals surface area contributed by atoms with E-state index >= 15 is 0 Å². The van der Waals surface area contributed by atoms with E-state index in [4.69, 9.17) is 15.1 Å². The second-order valence-corrected chi connectivity index (χ2v) is 3.26. The molecule has 0 saturated heterocycles. The van der Waals surface area contributed by atoms with Gasteiger partial charge in [-0.3, -0.25) is 0 Å². The molecule has 0 saturated carbocycles. The molecule has 0 aromatic heterocycles. The summed E-state index contributed by atoms with van der Waals surface area (Å²) in [6.45, 7) is 7.60. The molecule has 1 unspecified atom stereocenters. The van der Waals surface area contributed by atoms with Crippen molar-refractivity contribution >= 4 is 0 Å². The average molecular weight is 200 g/mol. The molecule has 0 heterocycles. The van der Waals surface area contributed by atoms with Gasteiger partial charge in [0.1, 0.15) is 0 Å². The Bertz CT molecular complexity index is 168. The lowest BCUT2D eigenvalue weighted by molar-refractivity contribution is 0.0732. The van der Waals surface area contributed by atoms with Crippen LogP contribution in [-0.2, 0) is 4.74 Å². The summed E-state index contributed by atoms with van der Waals surface area (Å²) in [5.74, 6) is 0.0628. The van der Waals surface area contributed by atoms with Gasteiger partial charge in [0, 0.05) is 13.1 Å². The van der Waals surface area contributed by atoms with Gasteiger partial charge in [-0.15, -0.1) is 0 Å². The molecule has 0 bridgehead atoms. The quantitative estimate of drug-likeness (QED) is 0.579. The van der Waals surface area contributed by atoms with Gasteiger partial charge >= 0.3 is 0 Å². The number of nitriles is 1. The summed E-state index contributed by atoms with van der Waals surface area (Å²) in [5, 5.41) is 17.1. The lowest BCUT2D eigenvalue weighted by atomic mass is 10.2. The third kappa shape index (κ3) is 6.84. The molecular formula is C10H20N2O2. The van der Waals surface area contributed by atoms with Crippen LogP contribution in [0.4, 0.5) is 0 Å². The molecule has 0 aliphatic rings. The van der Waals surface area contributed by atoms with E-state index in [1.165, 1.54) is 0 Å². The molecule has 0 rings (SSSR count). The fourth-order valence-corrected chi connectivity index (χ4v) is 1.17. The van der Waals surface area contributed by atoms with Crippen molar-refractivity contribution in [1.82, 2.24) is 4.90 Å². The lowest BCUT2D eigenvalue weighted by Gasteiger charge is -2.21. The number of rotatable bonds is 8. The number of hydrogen-bond donors (Lipinski definition) is 1. The highest BCUT2D eigenvalue weighted by Crippen LogP contribution is 1.97. The Balaban J connectivity index is 3.54. The van der Waals surface area contributed by atoms with Crippen LogP contribution in [0.3, 0.4) is 0 Å². The first kappa shape index (κ1) is 13.4. The minimum absolute atomic E-state index is 0.0628. The van der Waals surface area contributed by atoms with Crippen molar-refractivity contribution in [3.8, 4) is 6.07 Å². The van der Waals surface area contributed by atoms with E-state index in [1.807, 2.05) is 6.92 Å². The molecular weight excluding hydrogens is 180 g/mol. The SMILES string of the molecule is CCN(CCOCCO)CC(C)C#N. The number of aliphatic hydroxyl groups is 1. The highest BCUT2D eigenvalue weighted by atomic mass is 16.5. The largest absolute Gasteiger partial charge is 0.394 e. The molecule has 0 amide bonds. The highest BCUT2D eigenvalue weighted by molar-refractivity contribution is 4.81. The fourth-order valence-electron chi connectivity index (χ4n) is 1.17. The zero-order valence-electron chi connectivity index (χ0n) is 9.07. The Hall–Kier alpha value is -0.630. The molecule has 1 atom stereocenters. The zero-order valence-corrected chi connectivity index (χ0v) is 9.07. The first-order valence-corrected chi connectivity index (χ1v) is 5.05. The molecule has 0 aliphatic heterocycles. The second kappa shape index (κ2) is 8.95. The van der Waals surface area contributed by atoms with Gasteiger partial charge in [-0.1, -0.05) is 6.92 Å². The standard InChI is InChI=1S/C10H20N2O2/c1-3-12(9-10(2)8-11)4-6-14-7-5-13/h10,13H,3-7,9H2,1-2H3. The van der Waals surface area contributed by atoms with E-state index in [1.54, 1.807) is 0 Å². The van der Waals surface area contributed by atoms with Gasteiger partial charge in [-0.25, -0.2) is 0 Å². The number of hydrogen-bond acceptors (Lipinski definition) is 4. The number of aliphatic hydroxyl groups excluding tert-OH is 1. The number of ether oxygens (including phenoxy) is 1. The molecule has 82 valence electrons. The Morgan fingerprint density at radius 3 is 2.71 bits per heavy atom. The van der Waals surface area contributed by atoms with Crippen LogP contribution < -0.4 is 0 Å². The van der Waals surface area contributed by atoms with E-state index in [9.17, 15) is 0 Å². The monoisotopic (exact) mass is 200 g/mol. The maximum atomic E-state index is 8.65. The van der Waals surface area contributed by atoms with Crippen LogP contribution in [0.25, 0.3) is 0 Å². The molecule has 0 aliphatic carbocycles. The van der Waals surface area contributed by atoms with Crippen LogP contribution in [0.1, 0.15) is 13.8 Å². The molecule has 1 N–H and O–H groups in total. The van der Waals surface area contributed by atoms with Crippen LogP contribution in [0.15, 0.2) is 0 Å². The van der Waals surface area contributed by atoms with Crippen LogP contribution in [0.2, 0.25) is 0 Å². The maximum absolute atomic E-state index is 8.65. The lowest BCUT2D eigenvalue weighted by Crippen LogP contribution is -2.31. The van der Waals surface area contributed by atoms with Crippen molar-refractivity contribution in [3.63, 3.8) is 0 Å². The molecule has 0 radical (unpaired) electrons. The Kier molecular flexibility index (Phi) is 8.54. The maximum Gasteiger partial charge on any atom is 0.0698 e. The van der Waals surface area contributed by atoms with Crippen molar-refractivity contribution in [1.29, 1.82) is 5.26 Å². The average Bonchev–Trinajstić information content (AvgIpc) is 2.22. The molecule has 0 aromatic rings. The van der Waals surface area contributed by atoms with Gasteiger partial charge in [0.05, 0.1) is 31.8 Å². The molecule has 4 heteroatoms. The fraction of sp³-hybridized carbons (Fsp3) is 0.900. The van der Waals surface area contributed by atoms with Gasteiger partial charge in [0.25, 0.3) is 0 Å². The highest BCUT2D eigenvalue weighted by Gasteiger charge is 2.06. The molecule has 4 nitrogen and oxygen atoms in total. The third-order valence-corrected chi connectivity index (χ3v) is 1.99. The summed E-state index contributed by atoms with van der Waals surface area (Å²) in [6, 6.07) is 2.21. The van der Waals surface area contributed by atoms with Crippen LogP contribution in [-0.4, -0.2) is 49.5 Å². The van der Waals surface area contributed by atoms with Gasteiger partial charge in [0.2, 0.25) is 0 Å². The first-order chi connectivity index (χ1) is 6.74. The van der Waals surface area contributed by atoms with Crippen molar-refractivity contribution in [2.24, 2.45) is 5.92 Å². The van der Waals surface area contributed by atoms with Crippen LogP contribution >= 0.6 is 0 Å². The Morgan fingerprint density at radius 1 is 1.50 bits per heavy atom. The molecule has 0 spiro atoms. The van der Waals surface area contributed by atoms with E-state index in [0.717, 1.165) is 19.6 Å². The van der Waals surface area contributed by atoms with E-state index in [-0.39, 0.29) is 12.5 Å². The molecule has 0 fully saturated rings. The number of nitrogens with zero attached hydrogens (tertiary/aromatic N) is 2. The first-order valence-electron chi connectivity index (χ1n) is 5.05. The topological polar surface area (TPSA) is 56.5 Å². The van der Waals surface area contributed by atoms with Crippen LogP contribution in [0, 0.1) is 17.2 Å². The Morgan fingerprint density at radius 2 is 2.21 bits per heavy atom. The molecule has 14 heavy (non-hydrogen) atoms. The minimum Gasteiger partial charge on any atom is -0.394 e. The molecule has 0 aromatic carbocycles. The second-order valence-electron chi connectivity index (χ2n) is 3.26. The summed E-state index contributed by atoms with van der Waals surface area (Å²) in [6.07, 6.45) is 0. The summed E-state index contributed by atoms with van der Waals surface area (Å²) >= 11 is 0. The predicted molar refractivity (Wildman–Crippen MR) is 54.8 cm³/mol. The smallest absolute Gasteiger partial charge is 0.0698 e. The predicted octanol–water partition coefficient (Wildman–Crippen LogP) is 0.477. The van der Waals surface area contributed by atoms with E-state index < -0.39 is 0 Å². The summed E-state index contributed by atoms with van der Waals surface area (Å²) in [4.78, 5) is 2.17. The summed E-state index contributed by atoms with van der Waals surface area (Å²) in [7, 11) is 0. The van der Waals surface area contributed by atoms with Crippen molar-refractivity contribution in [2.45, 2.75) is 13.8 Å². The Labute approximate surface area is 86.1 Å². The third-order valence-electron chi connectivity index (χ3n) is 1.99. The van der Waals surface area contributed by atoms with Gasteiger partial charge < -0.3 is 14.7 Å². The normalized spacial score (nSPS) is 12.8. The minimum atomic E-state index is 0.0628.